The summed E-state index contributed by atoms with van der Waals surface area (Å²) >= 11 is 0. The molecule has 2 N–H and O–H groups in total. The minimum Gasteiger partial charge on any atom is -0.391 e. The van der Waals surface area contributed by atoms with Gasteiger partial charge in [-0.3, -0.25) is 0 Å². The number of benzene rings is 2. The number of para-hydroxylation sites is 2. The van der Waals surface area contributed by atoms with Crippen molar-refractivity contribution in [3.8, 4) is 0 Å². The molecule has 5 heteroatoms. The second kappa shape index (κ2) is 5.21. The molecule has 0 unspecified atom stereocenters. The highest BCUT2D eigenvalue weighted by atomic mass is 16.7. The molecular formula is C17H16N2O3. The zero-order valence-corrected chi connectivity index (χ0v) is 11.9. The maximum absolute atomic E-state index is 9.35. The van der Waals surface area contributed by atoms with E-state index in [-0.39, 0.29) is 6.61 Å². The van der Waals surface area contributed by atoms with Gasteiger partial charge >= 0.3 is 0 Å². The number of ether oxygens (including phenoxy) is 2. The number of rotatable bonds is 3. The van der Waals surface area contributed by atoms with E-state index in [1.54, 1.807) is 0 Å². The lowest BCUT2D eigenvalue weighted by molar-refractivity contribution is -0.107. The summed E-state index contributed by atoms with van der Waals surface area (Å²) in [6, 6.07) is 17.7. The highest BCUT2D eigenvalue weighted by molar-refractivity contribution is 5.75. The van der Waals surface area contributed by atoms with Crippen molar-refractivity contribution >= 4 is 11.0 Å². The molecule has 0 bridgehead atoms. The SMILES string of the molecule is OC[C@@H]1OC[C@@](c2ccccc2)(c2nc3ccccc3[nH]2)O1. The lowest BCUT2D eigenvalue weighted by Gasteiger charge is -2.25. The third-order valence-corrected chi connectivity index (χ3v) is 3.97. The van der Waals surface area contributed by atoms with Gasteiger partial charge in [0.2, 0.25) is 0 Å². The van der Waals surface area contributed by atoms with Gasteiger partial charge in [0.15, 0.2) is 11.9 Å². The Kier molecular flexibility index (Phi) is 3.18. The first-order valence-corrected chi connectivity index (χ1v) is 7.23. The second-order valence-electron chi connectivity index (χ2n) is 5.34. The Hall–Kier alpha value is -2.21. The van der Waals surface area contributed by atoms with Crippen LogP contribution in [0, 0.1) is 0 Å². The molecule has 2 aromatic carbocycles. The van der Waals surface area contributed by atoms with Crippen molar-refractivity contribution in [2.75, 3.05) is 13.2 Å². The Bertz CT molecular complexity index is 754. The number of aromatic nitrogens is 2. The summed E-state index contributed by atoms with van der Waals surface area (Å²) in [5.74, 6) is 0.691. The number of aliphatic hydroxyl groups excluding tert-OH is 1. The van der Waals surface area contributed by atoms with Crippen LogP contribution in [0.25, 0.3) is 11.0 Å². The number of aliphatic hydroxyl groups is 1. The number of nitrogens with one attached hydrogen (secondary N) is 1. The lowest BCUT2D eigenvalue weighted by Crippen LogP contribution is -2.32. The van der Waals surface area contributed by atoms with Crippen molar-refractivity contribution < 1.29 is 14.6 Å². The highest BCUT2D eigenvalue weighted by Gasteiger charge is 2.46. The number of H-pyrrole nitrogens is 1. The largest absolute Gasteiger partial charge is 0.391 e. The Balaban J connectivity index is 1.87. The van der Waals surface area contributed by atoms with Crippen LogP contribution in [0.3, 0.4) is 0 Å². The third-order valence-electron chi connectivity index (χ3n) is 3.97. The fourth-order valence-electron chi connectivity index (χ4n) is 2.86. The second-order valence-corrected chi connectivity index (χ2v) is 5.34. The Morgan fingerprint density at radius 3 is 2.64 bits per heavy atom. The fraction of sp³-hybridized carbons (Fsp3) is 0.235. The number of aromatic amines is 1. The molecule has 3 aromatic rings. The van der Waals surface area contributed by atoms with Crippen molar-refractivity contribution in [1.29, 1.82) is 0 Å². The van der Waals surface area contributed by atoms with Crippen molar-refractivity contribution in [1.82, 2.24) is 9.97 Å². The Labute approximate surface area is 127 Å². The van der Waals surface area contributed by atoms with Gasteiger partial charge in [0, 0.05) is 0 Å². The molecule has 0 spiro atoms. The molecule has 1 aliphatic rings. The van der Waals surface area contributed by atoms with Crippen LogP contribution in [0.5, 0.6) is 0 Å². The van der Waals surface area contributed by atoms with E-state index < -0.39 is 11.9 Å². The van der Waals surface area contributed by atoms with Crippen molar-refractivity contribution in [3.05, 3.63) is 66.0 Å². The van der Waals surface area contributed by atoms with Crippen LogP contribution in [0.4, 0.5) is 0 Å². The standard InChI is InChI=1S/C17H16N2O3/c20-10-15-21-11-17(22-15,12-6-2-1-3-7-12)16-18-13-8-4-5-9-14(13)19-16/h1-9,15,20H,10-11H2,(H,18,19)/t15-,17-/m1/s1. The normalized spacial score (nSPS) is 24.9. The first-order chi connectivity index (χ1) is 10.8. The average molecular weight is 296 g/mol. The molecule has 1 saturated heterocycles. The summed E-state index contributed by atoms with van der Waals surface area (Å²) in [4.78, 5) is 7.99. The number of hydrogen-bond donors (Lipinski definition) is 2. The molecule has 0 radical (unpaired) electrons. The van der Waals surface area contributed by atoms with Crippen molar-refractivity contribution in [2.24, 2.45) is 0 Å². The van der Waals surface area contributed by atoms with E-state index in [0.717, 1.165) is 16.6 Å². The van der Waals surface area contributed by atoms with Crippen LogP contribution >= 0.6 is 0 Å². The molecule has 2 heterocycles. The minimum absolute atomic E-state index is 0.186. The van der Waals surface area contributed by atoms with E-state index >= 15 is 0 Å². The number of imidazole rings is 1. The van der Waals surface area contributed by atoms with Gasteiger partial charge in [-0.1, -0.05) is 42.5 Å². The monoisotopic (exact) mass is 296 g/mol. The van der Waals surface area contributed by atoms with Crippen LogP contribution in [-0.4, -0.2) is 34.6 Å². The van der Waals surface area contributed by atoms with Crippen LogP contribution in [0.15, 0.2) is 54.6 Å². The summed E-state index contributed by atoms with van der Waals surface area (Å²) in [5, 5.41) is 9.35. The molecular weight excluding hydrogens is 280 g/mol. The van der Waals surface area contributed by atoms with E-state index in [9.17, 15) is 5.11 Å². The number of hydrogen-bond acceptors (Lipinski definition) is 4. The average Bonchev–Trinajstić information content (AvgIpc) is 3.20. The van der Waals surface area contributed by atoms with Crippen LogP contribution < -0.4 is 0 Å². The topological polar surface area (TPSA) is 67.4 Å². The maximum Gasteiger partial charge on any atom is 0.182 e. The van der Waals surface area contributed by atoms with E-state index in [2.05, 4.69) is 9.97 Å². The van der Waals surface area contributed by atoms with Gasteiger partial charge in [0.25, 0.3) is 0 Å². The van der Waals surface area contributed by atoms with Gasteiger partial charge in [-0.2, -0.15) is 0 Å². The molecule has 22 heavy (non-hydrogen) atoms. The summed E-state index contributed by atoms with van der Waals surface area (Å²) < 4.78 is 11.6. The highest BCUT2D eigenvalue weighted by Crippen LogP contribution is 2.39. The van der Waals surface area contributed by atoms with Gasteiger partial charge in [-0.15, -0.1) is 0 Å². The van der Waals surface area contributed by atoms with Crippen LogP contribution in [0.2, 0.25) is 0 Å². The van der Waals surface area contributed by atoms with Crippen molar-refractivity contribution in [2.45, 2.75) is 11.9 Å². The predicted octanol–water partition coefficient (Wildman–Crippen LogP) is 2.17. The molecule has 0 aliphatic carbocycles. The molecule has 4 rings (SSSR count). The van der Waals surface area contributed by atoms with Crippen LogP contribution in [-0.2, 0) is 15.1 Å². The minimum atomic E-state index is -0.826. The molecule has 1 aromatic heterocycles. The fourth-order valence-corrected chi connectivity index (χ4v) is 2.86. The predicted molar refractivity (Wildman–Crippen MR) is 81.2 cm³/mol. The molecule has 0 amide bonds. The molecule has 5 nitrogen and oxygen atoms in total. The van der Waals surface area contributed by atoms with Gasteiger partial charge in [0.1, 0.15) is 5.82 Å². The van der Waals surface area contributed by atoms with E-state index in [4.69, 9.17) is 9.47 Å². The number of nitrogens with zero attached hydrogens (tertiary/aromatic N) is 1. The quantitative estimate of drug-likeness (QED) is 0.777. The van der Waals surface area contributed by atoms with Crippen molar-refractivity contribution in [3.63, 3.8) is 0 Å². The Morgan fingerprint density at radius 2 is 1.91 bits per heavy atom. The van der Waals surface area contributed by atoms with Gasteiger partial charge in [-0.25, -0.2) is 4.98 Å². The molecule has 1 aliphatic heterocycles. The zero-order chi connectivity index (χ0) is 15.0. The maximum atomic E-state index is 9.35. The summed E-state index contributed by atoms with van der Waals surface area (Å²) in [6.45, 7) is 0.122. The molecule has 112 valence electrons. The Morgan fingerprint density at radius 1 is 1.14 bits per heavy atom. The summed E-state index contributed by atoms with van der Waals surface area (Å²) in [7, 11) is 0. The van der Waals surface area contributed by atoms with Gasteiger partial charge < -0.3 is 19.6 Å². The van der Waals surface area contributed by atoms with E-state index in [0.29, 0.717) is 12.4 Å². The van der Waals surface area contributed by atoms with Crippen LogP contribution in [0.1, 0.15) is 11.4 Å². The van der Waals surface area contributed by atoms with E-state index in [1.807, 2.05) is 54.6 Å². The molecule has 2 atom stereocenters. The van der Waals surface area contributed by atoms with Gasteiger partial charge in [-0.05, 0) is 17.7 Å². The smallest absolute Gasteiger partial charge is 0.182 e. The molecule has 0 saturated carbocycles. The van der Waals surface area contributed by atoms with Gasteiger partial charge in [0.05, 0.1) is 24.2 Å². The molecule has 1 fully saturated rings. The summed E-state index contributed by atoms with van der Waals surface area (Å²) in [5.41, 5.74) is 1.95. The lowest BCUT2D eigenvalue weighted by atomic mass is 9.94. The number of fused-ring (bicyclic) bond motifs is 1. The first-order valence-electron chi connectivity index (χ1n) is 7.23. The summed E-state index contributed by atoms with van der Waals surface area (Å²) in [6.07, 6.45) is -0.645. The zero-order valence-electron chi connectivity index (χ0n) is 11.9. The van der Waals surface area contributed by atoms with E-state index in [1.165, 1.54) is 0 Å². The third kappa shape index (κ3) is 2.02. The first kappa shape index (κ1) is 13.5.